The Morgan fingerprint density at radius 1 is 1.15 bits per heavy atom. The van der Waals surface area contributed by atoms with Crippen LogP contribution in [0.25, 0.3) is 0 Å². The van der Waals surface area contributed by atoms with Crippen molar-refractivity contribution in [2.24, 2.45) is 5.73 Å². The van der Waals surface area contributed by atoms with Crippen molar-refractivity contribution in [1.29, 1.82) is 0 Å². The largest absolute Gasteiger partial charge is 0.480 e. The van der Waals surface area contributed by atoms with Crippen LogP contribution in [0.3, 0.4) is 0 Å². The van der Waals surface area contributed by atoms with Crippen LogP contribution < -0.4 is 5.73 Å². The van der Waals surface area contributed by atoms with Gasteiger partial charge in [-0.1, -0.05) is 0 Å². The number of hydrogen-bond donors (Lipinski definition) is 3. The molecule has 2 rings (SSSR count). The van der Waals surface area contributed by atoms with Gasteiger partial charge in [0, 0.05) is 24.1 Å². The fourth-order valence-electron chi connectivity index (χ4n) is 2.22. The minimum Gasteiger partial charge on any atom is -0.480 e. The summed E-state index contributed by atoms with van der Waals surface area (Å²) in [7, 11) is 0. The number of primary amides is 1. The molecule has 0 spiro atoms. The van der Waals surface area contributed by atoms with Crippen molar-refractivity contribution in [3.8, 4) is 0 Å². The van der Waals surface area contributed by atoms with Gasteiger partial charge in [0.15, 0.2) is 0 Å². The van der Waals surface area contributed by atoms with E-state index >= 15 is 0 Å². The second-order valence-electron chi connectivity index (χ2n) is 4.64. The minimum atomic E-state index is -1.15. The van der Waals surface area contributed by atoms with Crippen LogP contribution in [0.4, 0.5) is 0 Å². The van der Waals surface area contributed by atoms with E-state index in [1.165, 1.54) is 24.3 Å². The summed E-state index contributed by atoms with van der Waals surface area (Å²) in [5.41, 5.74) is 5.60. The number of amides is 2. The van der Waals surface area contributed by atoms with E-state index in [0.29, 0.717) is 0 Å². The Bertz CT molecular complexity index is 554. The Morgan fingerprint density at radius 2 is 1.70 bits per heavy atom. The van der Waals surface area contributed by atoms with Crippen molar-refractivity contribution >= 4 is 17.8 Å². The fourth-order valence-corrected chi connectivity index (χ4v) is 2.22. The van der Waals surface area contributed by atoms with Gasteiger partial charge in [0.2, 0.25) is 5.91 Å². The maximum absolute atomic E-state index is 12.2. The van der Waals surface area contributed by atoms with Crippen molar-refractivity contribution in [1.82, 2.24) is 4.90 Å². The Labute approximate surface area is 114 Å². The molecular formula is C13H14N2O5. The van der Waals surface area contributed by atoms with Gasteiger partial charge in [-0.05, 0) is 24.3 Å². The summed E-state index contributed by atoms with van der Waals surface area (Å²) >= 11 is 0. The van der Waals surface area contributed by atoms with Crippen LogP contribution in [-0.4, -0.2) is 51.6 Å². The van der Waals surface area contributed by atoms with E-state index < -0.39 is 29.9 Å². The number of likely N-dealkylation sites (tertiary alicyclic amines) is 1. The lowest BCUT2D eigenvalue weighted by atomic mass is 10.1. The third-order valence-electron chi connectivity index (χ3n) is 3.24. The smallest absolute Gasteiger partial charge is 0.326 e. The Hall–Kier alpha value is -2.41. The van der Waals surface area contributed by atoms with Crippen LogP contribution in [0.15, 0.2) is 24.3 Å². The lowest BCUT2D eigenvalue weighted by Gasteiger charge is -2.21. The number of β-amino-alcohol motifs (C(OH)–C–C–N with tert-alkyl or cyclic N) is 1. The summed E-state index contributed by atoms with van der Waals surface area (Å²) < 4.78 is 0. The topological polar surface area (TPSA) is 121 Å². The summed E-state index contributed by atoms with van der Waals surface area (Å²) in [4.78, 5) is 35.4. The van der Waals surface area contributed by atoms with Gasteiger partial charge < -0.3 is 20.8 Å². The molecule has 0 unspecified atom stereocenters. The molecule has 1 saturated heterocycles. The van der Waals surface area contributed by atoms with E-state index in [4.69, 9.17) is 10.8 Å². The van der Waals surface area contributed by atoms with Gasteiger partial charge in [0.25, 0.3) is 5.91 Å². The molecule has 0 saturated carbocycles. The molecule has 0 radical (unpaired) electrons. The maximum atomic E-state index is 12.2. The molecule has 0 aromatic heterocycles. The van der Waals surface area contributed by atoms with Crippen LogP contribution >= 0.6 is 0 Å². The number of carboxylic acids is 1. The Morgan fingerprint density at radius 3 is 2.20 bits per heavy atom. The number of carboxylic acid groups (broad SMARTS) is 1. The number of carbonyl (C=O) groups is 3. The van der Waals surface area contributed by atoms with E-state index in [1.54, 1.807) is 0 Å². The maximum Gasteiger partial charge on any atom is 0.326 e. The molecule has 1 heterocycles. The third kappa shape index (κ3) is 2.62. The number of benzene rings is 1. The van der Waals surface area contributed by atoms with Crippen molar-refractivity contribution < 1.29 is 24.6 Å². The molecule has 106 valence electrons. The number of aliphatic carboxylic acids is 1. The van der Waals surface area contributed by atoms with Gasteiger partial charge in [0.05, 0.1) is 6.10 Å². The molecule has 1 aliphatic rings. The summed E-state index contributed by atoms with van der Waals surface area (Å²) in [5, 5.41) is 18.6. The minimum absolute atomic E-state index is 0.0143. The van der Waals surface area contributed by atoms with Gasteiger partial charge in [0.1, 0.15) is 6.04 Å². The number of aliphatic hydroxyl groups excluding tert-OH is 1. The van der Waals surface area contributed by atoms with Gasteiger partial charge in [-0.15, -0.1) is 0 Å². The first kappa shape index (κ1) is 14.0. The van der Waals surface area contributed by atoms with E-state index in [-0.39, 0.29) is 24.1 Å². The first-order chi connectivity index (χ1) is 9.40. The average molecular weight is 278 g/mol. The fraction of sp³-hybridized carbons (Fsp3) is 0.308. The Balaban J connectivity index is 2.22. The summed E-state index contributed by atoms with van der Waals surface area (Å²) in [6.07, 6.45) is -0.828. The molecule has 7 heteroatoms. The highest BCUT2D eigenvalue weighted by Gasteiger charge is 2.39. The predicted molar refractivity (Wildman–Crippen MR) is 68.0 cm³/mol. The number of nitrogens with two attached hydrogens (primary N) is 1. The molecule has 2 amide bonds. The first-order valence-corrected chi connectivity index (χ1v) is 6.02. The van der Waals surface area contributed by atoms with Gasteiger partial charge in [-0.25, -0.2) is 4.79 Å². The van der Waals surface area contributed by atoms with Crippen LogP contribution in [0.1, 0.15) is 27.1 Å². The molecule has 0 bridgehead atoms. The van der Waals surface area contributed by atoms with E-state index in [9.17, 15) is 19.5 Å². The molecule has 2 atom stereocenters. The van der Waals surface area contributed by atoms with Gasteiger partial charge in [-0.3, -0.25) is 9.59 Å². The highest BCUT2D eigenvalue weighted by atomic mass is 16.4. The second-order valence-corrected chi connectivity index (χ2v) is 4.64. The highest BCUT2D eigenvalue weighted by Crippen LogP contribution is 2.21. The molecule has 20 heavy (non-hydrogen) atoms. The number of rotatable bonds is 3. The van der Waals surface area contributed by atoms with Crippen molar-refractivity contribution in [2.75, 3.05) is 6.54 Å². The molecule has 1 aromatic rings. The third-order valence-corrected chi connectivity index (χ3v) is 3.24. The molecule has 7 nitrogen and oxygen atoms in total. The van der Waals surface area contributed by atoms with Crippen LogP contribution in [0, 0.1) is 0 Å². The number of hydrogen-bond acceptors (Lipinski definition) is 4. The molecule has 1 aromatic carbocycles. The number of aliphatic hydroxyl groups is 1. The summed E-state index contributed by atoms with van der Waals surface area (Å²) in [6, 6.07) is 4.58. The molecule has 4 N–H and O–H groups in total. The van der Waals surface area contributed by atoms with Crippen molar-refractivity contribution in [3.05, 3.63) is 35.4 Å². The SMILES string of the molecule is NC(=O)c1ccc(C(=O)N2C[C@H](O)C[C@@H]2C(=O)O)cc1. The molecular weight excluding hydrogens is 264 g/mol. The second kappa shape index (κ2) is 5.30. The standard InChI is InChI=1S/C13H14N2O5/c14-11(17)7-1-3-8(4-2-7)12(18)15-6-9(16)5-10(15)13(19)20/h1-4,9-10,16H,5-6H2,(H2,14,17)(H,19,20)/t9-,10-/m1/s1. The number of carbonyl (C=O) groups excluding carboxylic acids is 2. The van der Waals surface area contributed by atoms with E-state index in [0.717, 1.165) is 4.90 Å². The highest BCUT2D eigenvalue weighted by molar-refractivity contribution is 5.98. The first-order valence-electron chi connectivity index (χ1n) is 6.02. The normalized spacial score (nSPS) is 21.8. The lowest BCUT2D eigenvalue weighted by molar-refractivity contribution is -0.141. The van der Waals surface area contributed by atoms with Crippen molar-refractivity contribution in [3.63, 3.8) is 0 Å². The van der Waals surface area contributed by atoms with Crippen LogP contribution in [-0.2, 0) is 4.79 Å². The van der Waals surface area contributed by atoms with Gasteiger partial charge in [-0.2, -0.15) is 0 Å². The summed E-state index contributed by atoms with van der Waals surface area (Å²) in [5.74, 6) is -2.25. The van der Waals surface area contributed by atoms with Crippen LogP contribution in [0.5, 0.6) is 0 Å². The Kier molecular flexibility index (Phi) is 3.71. The zero-order valence-electron chi connectivity index (χ0n) is 10.5. The zero-order valence-corrected chi connectivity index (χ0v) is 10.5. The number of nitrogens with zero attached hydrogens (tertiary/aromatic N) is 1. The van der Waals surface area contributed by atoms with E-state index in [2.05, 4.69) is 0 Å². The van der Waals surface area contributed by atoms with Gasteiger partial charge >= 0.3 is 5.97 Å². The summed E-state index contributed by atoms with van der Waals surface area (Å²) in [6.45, 7) is -0.0205. The van der Waals surface area contributed by atoms with Crippen LogP contribution in [0.2, 0.25) is 0 Å². The predicted octanol–water partition coefficient (Wildman–Crippen LogP) is -0.554. The molecule has 0 aliphatic carbocycles. The quantitative estimate of drug-likeness (QED) is 0.684. The zero-order chi connectivity index (χ0) is 14.9. The lowest BCUT2D eigenvalue weighted by Crippen LogP contribution is -2.40. The van der Waals surface area contributed by atoms with Crippen molar-refractivity contribution in [2.45, 2.75) is 18.6 Å². The van der Waals surface area contributed by atoms with E-state index in [1.807, 2.05) is 0 Å². The molecule has 1 aliphatic heterocycles. The monoisotopic (exact) mass is 278 g/mol. The molecule has 1 fully saturated rings. The average Bonchev–Trinajstić information content (AvgIpc) is 2.80.